The largest absolute Gasteiger partial charge is 0.325 e. The van der Waals surface area contributed by atoms with E-state index in [4.69, 9.17) is 0 Å². The lowest BCUT2D eigenvalue weighted by atomic mass is 10.2. The molecule has 0 spiro atoms. The van der Waals surface area contributed by atoms with Gasteiger partial charge in [-0.3, -0.25) is 4.79 Å². The highest BCUT2D eigenvalue weighted by atomic mass is 32.2. The van der Waals surface area contributed by atoms with Crippen LogP contribution < -0.4 is 5.32 Å². The number of benzene rings is 2. The molecule has 134 valence electrons. The summed E-state index contributed by atoms with van der Waals surface area (Å²) in [6, 6.07) is 16.2. The van der Waals surface area contributed by atoms with E-state index >= 15 is 0 Å². The van der Waals surface area contributed by atoms with Gasteiger partial charge >= 0.3 is 0 Å². The van der Waals surface area contributed by atoms with Crippen LogP contribution in [-0.2, 0) is 20.6 Å². The number of nitrogens with one attached hydrogen (secondary N) is 1. The van der Waals surface area contributed by atoms with Crippen molar-refractivity contribution in [2.24, 2.45) is 0 Å². The van der Waals surface area contributed by atoms with Crippen molar-refractivity contribution in [2.45, 2.75) is 22.8 Å². The van der Waals surface area contributed by atoms with Crippen LogP contribution in [-0.4, -0.2) is 38.0 Å². The molecule has 0 radical (unpaired) electrons. The standard InChI is InChI=1S/C18H22N2O3S2/c1-14(24-13-15-8-5-4-6-9-15)18(21)19-16-10-7-11-17(12-16)25(22,23)20(2)3/h4-12,14H,13H2,1-3H3,(H,19,21). The Labute approximate surface area is 153 Å². The molecular formula is C18H22N2O3S2. The van der Waals surface area contributed by atoms with Gasteiger partial charge in [0.1, 0.15) is 0 Å². The minimum atomic E-state index is -3.52. The number of rotatable bonds is 7. The minimum Gasteiger partial charge on any atom is -0.325 e. The molecule has 0 saturated carbocycles. The Morgan fingerprint density at radius 3 is 2.44 bits per heavy atom. The van der Waals surface area contributed by atoms with Gasteiger partial charge in [-0.15, -0.1) is 11.8 Å². The van der Waals surface area contributed by atoms with Crippen molar-refractivity contribution in [3.8, 4) is 0 Å². The monoisotopic (exact) mass is 378 g/mol. The highest BCUT2D eigenvalue weighted by Crippen LogP contribution is 2.21. The van der Waals surface area contributed by atoms with Gasteiger partial charge in [0.2, 0.25) is 15.9 Å². The van der Waals surface area contributed by atoms with Gasteiger partial charge in [0.15, 0.2) is 0 Å². The van der Waals surface area contributed by atoms with Crippen molar-refractivity contribution >= 4 is 33.4 Å². The van der Waals surface area contributed by atoms with Crippen LogP contribution in [0.25, 0.3) is 0 Å². The van der Waals surface area contributed by atoms with Gasteiger partial charge in [0, 0.05) is 25.5 Å². The van der Waals surface area contributed by atoms with Gasteiger partial charge in [0.25, 0.3) is 0 Å². The Balaban J connectivity index is 2.00. The highest BCUT2D eigenvalue weighted by Gasteiger charge is 2.19. The van der Waals surface area contributed by atoms with Crippen molar-refractivity contribution in [3.63, 3.8) is 0 Å². The van der Waals surface area contributed by atoms with Gasteiger partial charge < -0.3 is 5.32 Å². The molecule has 1 atom stereocenters. The second-order valence-corrected chi connectivity index (χ2v) is 9.22. The number of amides is 1. The molecule has 2 aromatic carbocycles. The lowest BCUT2D eigenvalue weighted by Gasteiger charge is -2.14. The van der Waals surface area contributed by atoms with Gasteiger partial charge in [-0.25, -0.2) is 12.7 Å². The van der Waals surface area contributed by atoms with E-state index in [1.165, 1.54) is 38.0 Å². The van der Waals surface area contributed by atoms with Gasteiger partial charge in [0.05, 0.1) is 10.1 Å². The maximum absolute atomic E-state index is 12.3. The molecule has 0 saturated heterocycles. The Bertz CT molecular complexity index is 821. The van der Waals surface area contributed by atoms with Crippen molar-refractivity contribution < 1.29 is 13.2 Å². The van der Waals surface area contributed by atoms with Crippen LogP contribution in [0, 0.1) is 0 Å². The van der Waals surface area contributed by atoms with Gasteiger partial charge in [-0.05, 0) is 30.7 Å². The second kappa shape index (κ2) is 8.51. The summed E-state index contributed by atoms with van der Waals surface area (Å²) in [4.78, 5) is 12.5. The number of carbonyl (C=O) groups is 1. The van der Waals surface area contributed by atoms with Crippen molar-refractivity contribution in [1.82, 2.24) is 4.31 Å². The molecule has 0 aliphatic carbocycles. The van der Waals surface area contributed by atoms with Crippen LogP contribution in [0.4, 0.5) is 5.69 Å². The molecular weight excluding hydrogens is 356 g/mol. The quantitative estimate of drug-likeness (QED) is 0.803. The van der Waals surface area contributed by atoms with Gasteiger partial charge in [-0.1, -0.05) is 36.4 Å². The summed E-state index contributed by atoms with van der Waals surface area (Å²) < 4.78 is 25.5. The Morgan fingerprint density at radius 2 is 1.80 bits per heavy atom. The van der Waals surface area contributed by atoms with Crippen molar-refractivity contribution in [2.75, 3.05) is 19.4 Å². The van der Waals surface area contributed by atoms with Crippen LogP contribution >= 0.6 is 11.8 Å². The third kappa shape index (κ3) is 5.32. The molecule has 2 rings (SSSR count). The van der Waals surface area contributed by atoms with Crippen molar-refractivity contribution in [1.29, 1.82) is 0 Å². The number of hydrogen-bond acceptors (Lipinski definition) is 4. The first-order chi connectivity index (χ1) is 11.8. The molecule has 0 bridgehead atoms. The van der Waals surface area contributed by atoms with E-state index in [0.29, 0.717) is 5.69 Å². The number of nitrogens with zero attached hydrogens (tertiary/aromatic N) is 1. The predicted octanol–water partition coefficient (Wildman–Crippen LogP) is 3.20. The summed E-state index contributed by atoms with van der Waals surface area (Å²) in [6.45, 7) is 1.84. The summed E-state index contributed by atoms with van der Waals surface area (Å²) in [7, 11) is -0.575. The van der Waals surface area contributed by atoms with Crippen LogP contribution in [0.5, 0.6) is 0 Å². The van der Waals surface area contributed by atoms with E-state index in [9.17, 15) is 13.2 Å². The molecule has 0 fully saturated rings. The first-order valence-corrected chi connectivity index (χ1v) is 10.3. The number of thioether (sulfide) groups is 1. The summed E-state index contributed by atoms with van der Waals surface area (Å²) in [5, 5.41) is 2.53. The third-order valence-electron chi connectivity index (χ3n) is 3.59. The summed E-state index contributed by atoms with van der Waals surface area (Å²) in [5.41, 5.74) is 1.63. The van der Waals surface area contributed by atoms with Crippen LogP contribution in [0.15, 0.2) is 59.5 Å². The first-order valence-electron chi connectivity index (χ1n) is 7.79. The summed E-state index contributed by atoms with van der Waals surface area (Å²) in [5.74, 6) is 0.588. The summed E-state index contributed by atoms with van der Waals surface area (Å²) in [6.07, 6.45) is 0. The molecule has 1 N–H and O–H groups in total. The van der Waals surface area contributed by atoms with Crippen LogP contribution in [0.2, 0.25) is 0 Å². The Hall–Kier alpha value is -1.83. The topological polar surface area (TPSA) is 66.5 Å². The molecule has 2 aromatic rings. The predicted molar refractivity (Wildman–Crippen MR) is 103 cm³/mol. The molecule has 25 heavy (non-hydrogen) atoms. The molecule has 0 aliphatic rings. The molecule has 1 unspecified atom stereocenters. The first kappa shape index (κ1) is 19.5. The van der Waals surface area contributed by atoms with E-state index in [1.54, 1.807) is 12.1 Å². The molecule has 0 aliphatic heterocycles. The van der Waals surface area contributed by atoms with Crippen LogP contribution in [0.1, 0.15) is 12.5 Å². The second-order valence-electron chi connectivity index (χ2n) is 5.74. The molecule has 5 nitrogen and oxygen atoms in total. The fourth-order valence-electron chi connectivity index (χ4n) is 2.06. The van der Waals surface area contributed by atoms with Crippen molar-refractivity contribution in [3.05, 3.63) is 60.2 Å². The van der Waals surface area contributed by atoms with E-state index < -0.39 is 10.0 Å². The average Bonchev–Trinajstić information content (AvgIpc) is 2.60. The number of anilines is 1. The average molecular weight is 379 g/mol. The Morgan fingerprint density at radius 1 is 1.12 bits per heavy atom. The smallest absolute Gasteiger partial charge is 0.242 e. The molecule has 1 amide bonds. The maximum atomic E-state index is 12.3. The lowest BCUT2D eigenvalue weighted by Crippen LogP contribution is -2.24. The lowest BCUT2D eigenvalue weighted by molar-refractivity contribution is -0.115. The van der Waals surface area contributed by atoms with E-state index in [1.807, 2.05) is 37.3 Å². The van der Waals surface area contributed by atoms with E-state index in [0.717, 1.165) is 15.6 Å². The van der Waals surface area contributed by atoms with E-state index in [-0.39, 0.29) is 16.1 Å². The minimum absolute atomic E-state index is 0.152. The van der Waals surface area contributed by atoms with E-state index in [2.05, 4.69) is 5.32 Å². The van der Waals surface area contributed by atoms with Gasteiger partial charge in [-0.2, -0.15) is 0 Å². The zero-order chi connectivity index (χ0) is 18.4. The number of carbonyl (C=O) groups excluding carboxylic acids is 1. The molecule has 7 heteroatoms. The molecule has 0 heterocycles. The summed E-state index contributed by atoms with van der Waals surface area (Å²) >= 11 is 1.53. The fourth-order valence-corrected chi connectivity index (χ4v) is 3.85. The fraction of sp³-hybridized carbons (Fsp3) is 0.278. The maximum Gasteiger partial charge on any atom is 0.242 e. The zero-order valence-corrected chi connectivity index (χ0v) is 16.1. The number of hydrogen-bond donors (Lipinski definition) is 1. The van der Waals surface area contributed by atoms with Crippen LogP contribution in [0.3, 0.4) is 0 Å². The SMILES string of the molecule is CC(SCc1ccccc1)C(=O)Nc1cccc(S(=O)(=O)N(C)C)c1. The number of sulfonamides is 1. The normalized spacial score (nSPS) is 12.8. The third-order valence-corrected chi connectivity index (χ3v) is 6.62. The Kier molecular flexibility index (Phi) is 6.64. The highest BCUT2D eigenvalue weighted by molar-refractivity contribution is 7.99. The molecule has 0 aromatic heterocycles. The zero-order valence-electron chi connectivity index (χ0n) is 14.5.